The third-order valence-corrected chi connectivity index (χ3v) is 3.85. The molecule has 2 unspecified atom stereocenters. The number of hydrogen-bond donors (Lipinski definition) is 3. The predicted molar refractivity (Wildman–Crippen MR) is 91.5 cm³/mol. The van der Waals surface area contributed by atoms with Gasteiger partial charge in [-0.1, -0.05) is 47.8 Å². The van der Waals surface area contributed by atoms with Crippen LogP contribution >= 0.6 is 15.9 Å². The minimum atomic E-state index is -0.670. The van der Waals surface area contributed by atoms with Gasteiger partial charge in [0.2, 0.25) is 5.91 Å². The number of rotatable bonds is 8. The molecule has 0 saturated heterocycles. The van der Waals surface area contributed by atoms with Crippen LogP contribution in [0.4, 0.5) is 4.79 Å². The molecule has 122 valence electrons. The molecule has 0 aliphatic rings. The number of nitrogens with two attached hydrogens (primary N) is 1. The average Bonchev–Trinajstić information content (AvgIpc) is 2.45. The topological polar surface area (TPSA) is 84.2 Å². The van der Waals surface area contributed by atoms with E-state index in [2.05, 4.69) is 26.6 Å². The fourth-order valence-electron chi connectivity index (χ4n) is 2.22. The normalized spacial score (nSPS) is 13.2. The highest BCUT2D eigenvalue weighted by atomic mass is 79.9. The minimum Gasteiger partial charge on any atom is -0.352 e. The Bertz CT molecular complexity index is 491. The van der Waals surface area contributed by atoms with Crippen LogP contribution in [0.3, 0.4) is 0 Å². The van der Waals surface area contributed by atoms with Gasteiger partial charge in [0.1, 0.15) is 6.04 Å². The maximum Gasteiger partial charge on any atom is 0.312 e. The first kappa shape index (κ1) is 18.5. The molecule has 0 bridgehead atoms. The Kier molecular flexibility index (Phi) is 7.95. The Morgan fingerprint density at radius 1 is 1.23 bits per heavy atom. The van der Waals surface area contributed by atoms with Crippen molar-refractivity contribution in [3.05, 3.63) is 34.3 Å². The van der Waals surface area contributed by atoms with E-state index in [1.165, 1.54) is 0 Å². The van der Waals surface area contributed by atoms with E-state index in [-0.39, 0.29) is 11.9 Å². The summed E-state index contributed by atoms with van der Waals surface area (Å²) in [5.74, 6) is -0.183. The molecule has 0 saturated carbocycles. The van der Waals surface area contributed by atoms with Gasteiger partial charge in [-0.3, -0.25) is 4.79 Å². The molecule has 6 heteroatoms. The molecule has 0 heterocycles. The lowest BCUT2D eigenvalue weighted by Gasteiger charge is -2.20. The molecule has 22 heavy (non-hydrogen) atoms. The van der Waals surface area contributed by atoms with E-state index in [9.17, 15) is 9.59 Å². The molecule has 0 aliphatic heterocycles. The van der Waals surface area contributed by atoms with Crippen molar-refractivity contribution in [3.8, 4) is 0 Å². The second-order valence-corrected chi connectivity index (χ2v) is 6.36. The summed E-state index contributed by atoms with van der Waals surface area (Å²) in [6.07, 6.45) is 3.14. The highest BCUT2D eigenvalue weighted by Crippen LogP contribution is 2.12. The smallest absolute Gasteiger partial charge is 0.312 e. The zero-order valence-corrected chi connectivity index (χ0v) is 14.7. The standard InChI is InChI=1S/C16H24BrN3O2/c1-3-4-5-14(20-16(18)22)15(21)19-11(2)10-12-6-8-13(17)9-7-12/h6-9,11,14H,3-5,10H2,1-2H3,(H,19,21)(H3,18,20,22). The van der Waals surface area contributed by atoms with Gasteiger partial charge in [0.05, 0.1) is 0 Å². The van der Waals surface area contributed by atoms with E-state index in [1.807, 2.05) is 38.1 Å². The van der Waals surface area contributed by atoms with E-state index in [0.717, 1.165) is 29.3 Å². The first-order chi connectivity index (χ1) is 10.4. The summed E-state index contributed by atoms with van der Waals surface area (Å²) in [6, 6.07) is 6.73. The van der Waals surface area contributed by atoms with Gasteiger partial charge in [-0.2, -0.15) is 0 Å². The fraction of sp³-hybridized carbons (Fsp3) is 0.500. The number of nitrogens with one attached hydrogen (secondary N) is 2. The number of amides is 3. The number of carbonyl (C=O) groups is 2. The van der Waals surface area contributed by atoms with Gasteiger partial charge >= 0.3 is 6.03 Å². The van der Waals surface area contributed by atoms with Gasteiger partial charge in [-0.25, -0.2) is 4.79 Å². The van der Waals surface area contributed by atoms with E-state index >= 15 is 0 Å². The molecule has 5 nitrogen and oxygen atoms in total. The van der Waals surface area contributed by atoms with Crippen molar-refractivity contribution in [2.24, 2.45) is 5.73 Å². The van der Waals surface area contributed by atoms with Crippen LogP contribution in [0.5, 0.6) is 0 Å². The van der Waals surface area contributed by atoms with Crippen molar-refractivity contribution in [2.45, 2.75) is 51.6 Å². The van der Waals surface area contributed by atoms with Gasteiger partial charge in [-0.05, 0) is 37.5 Å². The molecule has 4 N–H and O–H groups in total. The Morgan fingerprint density at radius 3 is 2.41 bits per heavy atom. The van der Waals surface area contributed by atoms with Gasteiger partial charge in [0.25, 0.3) is 0 Å². The van der Waals surface area contributed by atoms with E-state index < -0.39 is 12.1 Å². The molecule has 1 rings (SSSR count). The lowest BCUT2D eigenvalue weighted by atomic mass is 10.1. The van der Waals surface area contributed by atoms with Crippen molar-refractivity contribution in [1.29, 1.82) is 0 Å². The van der Waals surface area contributed by atoms with E-state index in [1.54, 1.807) is 0 Å². The van der Waals surface area contributed by atoms with Crippen LogP contribution in [-0.2, 0) is 11.2 Å². The maximum absolute atomic E-state index is 12.3. The SMILES string of the molecule is CCCCC(NC(N)=O)C(=O)NC(C)Cc1ccc(Br)cc1. The van der Waals surface area contributed by atoms with Gasteiger partial charge < -0.3 is 16.4 Å². The van der Waals surface area contributed by atoms with Crippen LogP contribution < -0.4 is 16.4 Å². The summed E-state index contributed by atoms with van der Waals surface area (Å²) in [4.78, 5) is 23.3. The van der Waals surface area contributed by atoms with Crippen LogP contribution in [0.15, 0.2) is 28.7 Å². The summed E-state index contributed by atoms with van der Waals surface area (Å²) in [7, 11) is 0. The number of urea groups is 1. The number of halogens is 1. The number of carbonyl (C=O) groups excluding carboxylic acids is 2. The maximum atomic E-state index is 12.3. The molecule has 0 radical (unpaired) electrons. The van der Waals surface area contributed by atoms with Crippen molar-refractivity contribution in [3.63, 3.8) is 0 Å². The Balaban J connectivity index is 2.55. The summed E-state index contributed by atoms with van der Waals surface area (Å²) in [5, 5.41) is 5.45. The third kappa shape index (κ3) is 6.93. The predicted octanol–water partition coefficient (Wildman–Crippen LogP) is 2.72. The monoisotopic (exact) mass is 369 g/mol. The molecule has 3 amide bonds. The first-order valence-electron chi connectivity index (χ1n) is 7.53. The van der Waals surface area contributed by atoms with Crippen LogP contribution in [0, 0.1) is 0 Å². The Labute approximate surface area is 140 Å². The van der Waals surface area contributed by atoms with Crippen LogP contribution in [0.2, 0.25) is 0 Å². The highest BCUT2D eigenvalue weighted by molar-refractivity contribution is 9.10. The molecular weight excluding hydrogens is 346 g/mol. The molecule has 1 aromatic rings. The Morgan fingerprint density at radius 2 is 1.86 bits per heavy atom. The van der Waals surface area contributed by atoms with Gasteiger partial charge in [0.15, 0.2) is 0 Å². The van der Waals surface area contributed by atoms with Crippen molar-refractivity contribution >= 4 is 27.9 Å². The lowest BCUT2D eigenvalue weighted by molar-refractivity contribution is -0.123. The second kappa shape index (κ2) is 9.46. The number of benzene rings is 1. The molecule has 0 spiro atoms. The van der Waals surface area contributed by atoms with Crippen LogP contribution in [0.1, 0.15) is 38.7 Å². The van der Waals surface area contributed by atoms with Crippen molar-refractivity contribution in [1.82, 2.24) is 10.6 Å². The number of unbranched alkanes of at least 4 members (excludes halogenated alkanes) is 1. The summed E-state index contributed by atoms with van der Waals surface area (Å²) in [6.45, 7) is 3.98. The molecule has 0 fully saturated rings. The first-order valence-corrected chi connectivity index (χ1v) is 8.32. The summed E-state index contributed by atoms with van der Waals surface area (Å²) in [5.41, 5.74) is 6.28. The van der Waals surface area contributed by atoms with Crippen molar-refractivity contribution in [2.75, 3.05) is 0 Å². The molecule has 0 aliphatic carbocycles. The molecule has 0 aromatic heterocycles. The zero-order valence-electron chi connectivity index (χ0n) is 13.1. The third-order valence-electron chi connectivity index (χ3n) is 3.32. The fourth-order valence-corrected chi connectivity index (χ4v) is 2.48. The molecule has 2 atom stereocenters. The largest absolute Gasteiger partial charge is 0.352 e. The quantitative estimate of drug-likeness (QED) is 0.657. The Hall–Kier alpha value is -1.56. The summed E-state index contributed by atoms with van der Waals surface area (Å²) < 4.78 is 1.03. The van der Waals surface area contributed by atoms with Crippen molar-refractivity contribution < 1.29 is 9.59 Å². The van der Waals surface area contributed by atoms with Crippen LogP contribution in [0.25, 0.3) is 0 Å². The molecule has 1 aromatic carbocycles. The van der Waals surface area contributed by atoms with Gasteiger partial charge in [-0.15, -0.1) is 0 Å². The average molecular weight is 370 g/mol. The van der Waals surface area contributed by atoms with Crippen LogP contribution in [-0.4, -0.2) is 24.0 Å². The zero-order chi connectivity index (χ0) is 16.5. The number of primary amides is 1. The van der Waals surface area contributed by atoms with E-state index in [4.69, 9.17) is 5.73 Å². The highest BCUT2D eigenvalue weighted by Gasteiger charge is 2.20. The number of hydrogen-bond acceptors (Lipinski definition) is 2. The second-order valence-electron chi connectivity index (χ2n) is 5.44. The van der Waals surface area contributed by atoms with Gasteiger partial charge in [0, 0.05) is 10.5 Å². The summed E-state index contributed by atoms with van der Waals surface area (Å²) >= 11 is 3.40. The molecular formula is C16H24BrN3O2. The minimum absolute atomic E-state index is 0.0209. The lowest BCUT2D eigenvalue weighted by Crippen LogP contribution is -2.50. The van der Waals surface area contributed by atoms with E-state index in [0.29, 0.717) is 6.42 Å².